The molecule has 0 bridgehead atoms. The maximum absolute atomic E-state index is 12.3. The molecule has 98 valence electrons. The number of amides is 1. The van der Waals surface area contributed by atoms with Gasteiger partial charge in [-0.15, -0.1) is 0 Å². The number of nitrogens with one attached hydrogen (secondary N) is 1. The highest BCUT2D eigenvalue weighted by Gasteiger charge is 2.33. The van der Waals surface area contributed by atoms with Crippen molar-refractivity contribution in [3.63, 3.8) is 0 Å². The molecule has 1 heterocycles. The molecule has 0 aromatic heterocycles. The fourth-order valence-corrected chi connectivity index (χ4v) is 3.10. The molecule has 17 heavy (non-hydrogen) atoms. The Morgan fingerprint density at radius 1 is 1.24 bits per heavy atom. The van der Waals surface area contributed by atoms with Crippen molar-refractivity contribution in [2.45, 2.75) is 52.0 Å². The third kappa shape index (κ3) is 3.01. The highest BCUT2D eigenvalue weighted by atomic mass is 16.2. The van der Waals surface area contributed by atoms with E-state index in [9.17, 15) is 4.79 Å². The molecule has 1 unspecified atom stereocenters. The van der Waals surface area contributed by atoms with Gasteiger partial charge in [0.1, 0.15) is 0 Å². The van der Waals surface area contributed by atoms with Crippen LogP contribution in [0.2, 0.25) is 0 Å². The lowest BCUT2D eigenvalue weighted by Crippen LogP contribution is -2.44. The van der Waals surface area contributed by atoms with Gasteiger partial charge in [0.2, 0.25) is 5.91 Å². The molecule has 1 aliphatic heterocycles. The third-order valence-corrected chi connectivity index (χ3v) is 4.61. The van der Waals surface area contributed by atoms with E-state index >= 15 is 0 Å². The molecule has 2 rings (SSSR count). The molecule has 1 atom stereocenters. The predicted molar refractivity (Wildman–Crippen MR) is 69.8 cm³/mol. The van der Waals surface area contributed by atoms with Crippen molar-refractivity contribution in [1.82, 2.24) is 10.2 Å². The Kier molecular flexibility index (Phi) is 3.76. The van der Waals surface area contributed by atoms with Crippen LogP contribution in [-0.4, -0.2) is 37.0 Å². The molecule has 1 aliphatic carbocycles. The van der Waals surface area contributed by atoms with Crippen molar-refractivity contribution in [3.05, 3.63) is 0 Å². The second-order valence-corrected chi connectivity index (χ2v) is 6.53. The Balaban J connectivity index is 1.87. The maximum Gasteiger partial charge on any atom is 0.227 e. The van der Waals surface area contributed by atoms with E-state index < -0.39 is 0 Å². The summed E-state index contributed by atoms with van der Waals surface area (Å²) in [5, 5.41) is 3.28. The van der Waals surface area contributed by atoms with E-state index in [-0.39, 0.29) is 5.92 Å². The summed E-state index contributed by atoms with van der Waals surface area (Å²) in [4.78, 5) is 14.3. The van der Waals surface area contributed by atoms with Crippen LogP contribution in [0.1, 0.15) is 46.0 Å². The van der Waals surface area contributed by atoms with Crippen molar-refractivity contribution in [2.75, 3.05) is 20.1 Å². The summed E-state index contributed by atoms with van der Waals surface area (Å²) in [7, 11) is 2.00. The lowest BCUT2D eigenvalue weighted by Gasteiger charge is -2.39. The van der Waals surface area contributed by atoms with Gasteiger partial charge in [0.25, 0.3) is 0 Å². The van der Waals surface area contributed by atoms with Crippen molar-refractivity contribution in [2.24, 2.45) is 11.3 Å². The Morgan fingerprint density at radius 2 is 1.88 bits per heavy atom. The van der Waals surface area contributed by atoms with E-state index in [4.69, 9.17) is 0 Å². The van der Waals surface area contributed by atoms with Gasteiger partial charge in [0, 0.05) is 19.6 Å². The summed E-state index contributed by atoms with van der Waals surface area (Å²) in [6.07, 6.45) is 5.86. The molecule has 0 aromatic carbocycles. The highest BCUT2D eigenvalue weighted by molar-refractivity contribution is 5.79. The summed E-state index contributed by atoms with van der Waals surface area (Å²) >= 11 is 0. The summed E-state index contributed by atoms with van der Waals surface area (Å²) in [5.74, 6) is 0.592. The molecule has 0 aromatic rings. The Hall–Kier alpha value is -0.570. The third-order valence-electron chi connectivity index (χ3n) is 4.61. The van der Waals surface area contributed by atoms with Crippen molar-refractivity contribution >= 4 is 5.91 Å². The molecule has 3 heteroatoms. The summed E-state index contributed by atoms with van der Waals surface area (Å²) in [6, 6.07) is 0.483. The average Bonchev–Trinajstić information content (AvgIpc) is 2.80. The first kappa shape index (κ1) is 12.9. The first-order chi connectivity index (χ1) is 7.99. The topological polar surface area (TPSA) is 32.3 Å². The molecule has 0 spiro atoms. The van der Waals surface area contributed by atoms with Crippen molar-refractivity contribution in [3.8, 4) is 0 Å². The fourth-order valence-electron chi connectivity index (χ4n) is 3.10. The second kappa shape index (κ2) is 4.97. The zero-order valence-corrected chi connectivity index (χ0v) is 11.5. The van der Waals surface area contributed by atoms with Gasteiger partial charge in [-0.2, -0.15) is 0 Å². The monoisotopic (exact) mass is 238 g/mol. The predicted octanol–water partition coefficient (Wildman–Crippen LogP) is 2.02. The van der Waals surface area contributed by atoms with Crippen LogP contribution in [-0.2, 0) is 4.79 Å². The number of rotatable bonds is 2. The van der Waals surface area contributed by atoms with Crippen LogP contribution in [0.15, 0.2) is 0 Å². The van der Waals surface area contributed by atoms with E-state index in [0.717, 1.165) is 19.5 Å². The minimum absolute atomic E-state index is 0.231. The number of hydrogen-bond donors (Lipinski definition) is 1. The van der Waals surface area contributed by atoms with E-state index in [1.54, 1.807) is 0 Å². The highest BCUT2D eigenvalue weighted by Crippen LogP contribution is 2.36. The standard InChI is InChI=1S/C14H26N2O/c1-14(2)7-4-12(5-8-14)16(3)13(17)11-6-9-15-10-11/h11-12,15H,4-10H2,1-3H3. The van der Waals surface area contributed by atoms with Crippen molar-refractivity contribution < 1.29 is 4.79 Å². The van der Waals surface area contributed by atoms with Crippen LogP contribution in [0.25, 0.3) is 0 Å². The molecule has 2 aliphatic rings. The number of carbonyl (C=O) groups is 1. The normalized spacial score (nSPS) is 29.2. The van der Waals surface area contributed by atoms with Gasteiger partial charge in [-0.05, 0) is 44.1 Å². The molecular weight excluding hydrogens is 212 g/mol. The SMILES string of the molecule is CN(C(=O)C1CCNC1)C1CCC(C)(C)CC1. The average molecular weight is 238 g/mol. The van der Waals surface area contributed by atoms with Crippen LogP contribution in [0.5, 0.6) is 0 Å². The van der Waals surface area contributed by atoms with Crippen molar-refractivity contribution in [1.29, 1.82) is 0 Å². The Labute approximate surface area is 105 Å². The van der Waals surface area contributed by atoms with Crippen LogP contribution < -0.4 is 5.32 Å². The van der Waals surface area contributed by atoms with Gasteiger partial charge in [0.05, 0.1) is 5.92 Å². The van der Waals surface area contributed by atoms with E-state index in [1.807, 2.05) is 11.9 Å². The summed E-state index contributed by atoms with van der Waals surface area (Å²) in [6.45, 7) is 6.56. The number of carbonyl (C=O) groups excluding carboxylic acids is 1. The minimum Gasteiger partial charge on any atom is -0.342 e. The van der Waals surface area contributed by atoms with Crippen LogP contribution in [0.3, 0.4) is 0 Å². The van der Waals surface area contributed by atoms with Gasteiger partial charge < -0.3 is 10.2 Å². The fraction of sp³-hybridized carbons (Fsp3) is 0.929. The van der Waals surface area contributed by atoms with Gasteiger partial charge in [-0.3, -0.25) is 4.79 Å². The largest absolute Gasteiger partial charge is 0.342 e. The van der Waals surface area contributed by atoms with Gasteiger partial charge in [-0.25, -0.2) is 0 Å². The van der Waals surface area contributed by atoms with Crippen LogP contribution >= 0.6 is 0 Å². The van der Waals surface area contributed by atoms with E-state index in [2.05, 4.69) is 19.2 Å². The lowest BCUT2D eigenvalue weighted by atomic mass is 9.75. The van der Waals surface area contributed by atoms with Gasteiger partial charge in [-0.1, -0.05) is 13.8 Å². The van der Waals surface area contributed by atoms with Crippen LogP contribution in [0.4, 0.5) is 0 Å². The van der Waals surface area contributed by atoms with Gasteiger partial charge in [0.15, 0.2) is 0 Å². The van der Waals surface area contributed by atoms with E-state index in [0.29, 0.717) is 17.4 Å². The first-order valence-corrected chi connectivity index (χ1v) is 6.97. The minimum atomic E-state index is 0.231. The lowest BCUT2D eigenvalue weighted by molar-refractivity contribution is -0.136. The second-order valence-electron chi connectivity index (χ2n) is 6.53. The molecule has 1 saturated heterocycles. The summed E-state index contributed by atoms with van der Waals surface area (Å²) in [5.41, 5.74) is 0.481. The zero-order chi connectivity index (χ0) is 12.5. The molecule has 1 N–H and O–H groups in total. The molecule has 2 fully saturated rings. The van der Waals surface area contributed by atoms with E-state index in [1.165, 1.54) is 25.7 Å². The maximum atomic E-state index is 12.3. The quantitative estimate of drug-likeness (QED) is 0.798. The number of hydrogen-bond acceptors (Lipinski definition) is 2. The molecular formula is C14H26N2O. The molecule has 1 saturated carbocycles. The molecule has 1 amide bonds. The first-order valence-electron chi connectivity index (χ1n) is 6.97. The van der Waals surface area contributed by atoms with Crippen LogP contribution in [0, 0.1) is 11.3 Å². The van der Waals surface area contributed by atoms with Gasteiger partial charge >= 0.3 is 0 Å². The zero-order valence-electron chi connectivity index (χ0n) is 11.5. The number of nitrogens with zero attached hydrogens (tertiary/aromatic N) is 1. The molecule has 0 radical (unpaired) electrons. The smallest absolute Gasteiger partial charge is 0.227 e. The summed E-state index contributed by atoms with van der Waals surface area (Å²) < 4.78 is 0. The Morgan fingerprint density at radius 3 is 2.41 bits per heavy atom. The molecule has 3 nitrogen and oxygen atoms in total. The Bertz CT molecular complexity index is 272.